The zero-order valence-electron chi connectivity index (χ0n) is 12.2. The van der Waals surface area contributed by atoms with Crippen molar-refractivity contribution in [3.63, 3.8) is 0 Å². The predicted molar refractivity (Wildman–Crippen MR) is 88.1 cm³/mol. The first kappa shape index (κ1) is 14.5. The van der Waals surface area contributed by atoms with Crippen molar-refractivity contribution in [2.45, 2.75) is 63.5 Å². The molecule has 0 saturated carbocycles. The lowest BCUT2D eigenvalue weighted by molar-refractivity contribution is 0.158. The van der Waals surface area contributed by atoms with E-state index in [0.717, 1.165) is 40.8 Å². The summed E-state index contributed by atoms with van der Waals surface area (Å²) in [5.41, 5.74) is 1.03. The Hall–Kier alpha value is -0.430. The number of nitrogens with one attached hydrogen (secondary N) is 1. The Labute approximate surface area is 133 Å². The van der Waals surface area contributed by atoms with Gasteiger partial charge in [-0.1, -0.05) is 13.3 Å². The number of nitrogens with zero attached hydrogens (tertiary/aromatic N) is 2. The molecule has 4 nitrogen and oxygen atoms in total. The molecule has 1 aromatic rings. The zero-order valence-corrected chi connectivity index (χ0v) is 14.3. The van der Waals surface area contributed by atoms with Crippen molar-refractivity contribution in [3.05, 3.63) is 25.4 Å². The van der Waals surface area contributed by atoms with Crippen molar-refractivity contribution in [2.24, 2.45) is 0 Å². The van der Waals surface area contributed by atoms with Crippen molar-refractivity contribution < 1.29 is 0 Å². The smallest absolute Gasteiger partial charge is 0.264 e. The molecule has 3 rings (SSSR count). The Morgan fingerprint density at radius 3 is 2.60 bits per heavy atom. The van der Waals surface area contributed by atoms with Crippen LogP contribution >= 0.6 is 22.6 Å². The van der Waals surface area contributed by atoms with Crippen LogP contribution in [0.25, 0.3) is 0 Å². The number of halogens is 1. The van der Waals surface area contributed by atoms with Gasteiger partial charge in [-0.15, -0.1) is 0 Å². The highest BCUT2D eigenvalue weighted by Gasteiger charge is 2.39. The fourth-order valence-corrected chi connectivity index (χ4v) is 4.28. The second-order valence-electron chi connectivity index (χ2n) is 6.18. The summed E-state index contributed by atoms with van der Waals surface area (Å²) in [6.45, 7) is 2.13. The molecule has 0 radical (unpaired) electrons. The Balaban J connectivity index is 1.89. The highest BCUT2D eigenvalue weighted by Crippen LogP contribution is 2.40. The van der Waals surface area contributed by atoms with Crippen LogP contribution in [0, 0.1) is 3.57 Å². The van der Waals surface area contributed by atoms with Crippen molar-refractivity contribution in [3.8, 4) is 0 Å². The molecule has 2 aliphatic heterocycles. The molecule has 3 heterocycles. The first-order chi connectivity index (χ1) is 9.60. The maximum atomic E-state index is 12.1. The molecule has 0 aliphatic carbocycles. The van der Waals surface area contributed by atoms with E-state index in [1.807, 2.05) is 0 Å². The molecule has 0 spiro atoms. The summed E-state index contributed by atoms with van der Waals surface area (Å²) in [6, 6.07) is 1.36. The van der Waals surface area contributed by atoms with Crippen molar-refractivity contribution in [2.75, 3.05) is 7.05 Å². The number of hydrogen-bond acceptors (Lipinski definition) is 3. The van der Waals surface area contributed by atoms with Gasteiger partial charge in [0.1, 0.15) is 5.82 Å². The van der Waals surface area contributed by atoms with Gasteiger partial charge in [0.15, 0.2) is 0 Å². The fourth-order valence-electron chi connectivity index (χ4n) is 3.76. The van der Waals surface area contributed by atoms with Gasteiger partial charge in [0, 0.05) is 18.0 Å². The number of aromatic nitrogens is 2. The van der Waals surface area contributed by atoms with E-state index in [1.54, 1.807) is 0 Å². The minimum atomic E-state index is 0.0466. The largest absolute Gasteiger partial charge is 0.309 e. The molecule has 1 N–H and O–H groups in total. The Bertz CT molecular complexity index is 543. The summed E-state index contributed by atoms with van der Waals surface area (Å²) in [7, 11) is 2.24. The standard InChI is InChI=1S/C15H22IN3O/c1-3-4-12-13(16)15(20)18-14(17-12)9-7-10-5-6-11(8-9)19(10)2/h9-11H,3-8H2,1-2H3,(H,17,18,20). The molecular formula is C15H22IN3O. The normalized spacial score (nSPS) is 29.9. The van der Waals surface area contributed by atoms with Crippen LogP contribution in [0.2, 0.25) is 0 Å². The minimum absolute atomic E-state index is 0.0466. The van der Waals surface area contributed by atoms with E-state index in [4.69, 9.17) is 4.98 Å². The average molecular weight is 387 g/mol. The van der Waals surface area contributed by atoms with Gasteiger partial charge in [-0.3, -0.25) is 4.79 Å². The van der Waals surface area contributed by atoms with E-state index in [1.165, 1.54) is 12.8 Å². The van der Waals surface area contributed by atoms with Crippen molar-refractivity contribution in [1.29, 1.82) is 0 Å². The van der Waals surface area contributed by atoms with Gasteiger partial charge in [0.05, 0.1) is 9.26 Å². The lowest BCUT2D eigenvalue weighted by atomic mass is 9.90. The summed E-state index contributed by atoms with van der Waals surface area (Å²) in [5, 5.41) is 0. The Morgan fingerprint density at radius 1 is 1.35 bits per heavy atom. The number of fused-ring (bicyclic) bond motifs is 2. The van der Waals surface area contributed by atoms with Crippen LogP contribution in [-0.2, 0) is 6.42 Å². The molecule has 2 bridgehead atoms. The van der Waals surface area contributed by atoms with Crippen LogP contribution in [0.3, 0.4) is 0 Å². The lowest BCUT2D eigenvalue weighted by Crippen LogP contribution is -2.40. The lowest BCUT2D eigenvalue weighted by Gasteiger charge is -2.35. The third kappa shape index (κ3) is 2.54. The van der Waals surface area contributed by atoms with E-state index in [0.29, 0.717) is 18.0 Å². The summed E-state index contributed by atoms with van der Waals surface area (Å²) < 4.78 is 0.768. The van der Waals surface area contributed by atoms with Crippen molar-refractivity contribution >= 4 is 22.6 Å². The summed E-state index contributed by atoms with van der Waals surface area (Å²) >= 11 is 2.13. The number of H-pyrrole nitrogens is 1. The van der Waals surface area contributed by atoms with Crippen molar-refractivity contribution in [1.82, 2.24) is 14.9 Å². The van der Waals surface area contributed by atoms with Crippen LogP contribution in [0.4, 0.5) is 0 Å². The van der Waals surface area contributed by atoms with Gasteiger partial charge >= 0.3 is 0 Å². The van der Waals surface area contributed by atoms with Gasteiger partial charge in [0.25, 0.3) is 5.56 Å². The van der Waals surface area contributed by atoms with Gasteiger partial charge in [-0.05, 0) is 61.7 Å². The van der Waals surface area contributed by atoms with Gasteiger partial charge < -0.3 is 9.88 Å². The molecule has 110 valence electrons. The summed E-state index contributed by atoms with van der Waals surface area (Å²) in [6.07, 6.45) is 6.81. The van der Waals surface area contributed by atoms with Crippen LogP contribution in [0.1, 0.15) is 56.5 Å². The van der Waals surface area contributed by atoms with Crippen LogP contribution < -0.4 is 5.56 Å². The molecule has 1 aromatic heterocycles. The maximum absolute atomic E-state index is 12.1. The molecule has 20 heavy (non-hydrogen) atoms. The fraction of sp³-hybridized carbons (Fsp3) is 0.733. The van der Waals surface area contributed by atoms with Crippen LogP contribution in [-0.4, -0.2) is 34.0 Å². The van der Waals surface area contributed by atoms with E-state index < -0.39 is 0 Å². The van der Waals surface area contributed by atoms with E-state index in [-0.39, 0.29) is 5.56 Å². The average Bonchev–Trinajstić information content (AvgIpc) is 2.66. The van der Waals surface area contributed by atoms with Crippen LogP contribution in [0.15, 0.2) is 4.79 Å². The molecular weight excluding hydrogens is 365 g/mol. The van der Waals surface area contributed by atoms with E-state index in [2.05, 4.69) is 46.4 Å². The maximum Gasteiger partial charge on any atom is 0.264 e. The van der Waals surface area contributed by atoms with Gasteiger partial charge in [-0.25, -0.2) is 4.98 Å². The third-order valence-corrected chi connectivity index (χ3v) is 6.03. The number of piperidine rings is 1. The molecule has 2 unspecified atom stereocenters. The second-order valence-corrected chi connectivity index (χ2v) is 7.26. The first-order valence-corrected chi connectivity index (χ1v) is 8.68. The molecule has 0 aromatic carbocycles. The SMILES string of the molecule is CCCc1nc(C2CC3CCC(C2)N3C)[nH]c(=O)c1I. The Kier molecular flexibility index (Phi) is 4.17. The molecule has 2 fully saturated rings. The topological polar surface area (TPSA) is 49.0 Å². The quantitative estimate of drug-likeness (QED) is 0.812. The van der Waals surface area contributed by atoms with Crippen LogP contribution in [0.5, 0.6) is 0 Å². The third-order valence-electron chi connectivity index (χ3n) is 4.92. The van der Waals surface area contributed by atoms with E-state index in [9.17, 15) is 4.79 Å². The molecule has 0 amide bonds. The molecule has 2 saturated heterocycles. The number of rotatable bonds is 3. The monoisotopic (exact) mass is 387 g/mol. The molecule has 2 atom stereocenters. The second kappa shape index (κ2) is 5.75. The van der Waals surface area contributed by atoms with E-state index >= 15 is 0 Å². The molecule has 5 heteroatoms. The minimum Gasteiger partial charge on any atom is -0.309 e. The summed E-state index contributed by atoms with van der Waals surface area (Å²) in [5.74, 6) is 1.37. The highest BCUT2D eigenvalue weighted by molar-refractivity contribution is 14.1. The van der Waals surface area contributed by atoms with Gasteiger partial charge in [-0.2, -0.15) is 0 Å². The number of aromatic amines is 1. The first-order valence-electron chi connectivity index (χ1n) is 7.60. The van der Waals surface area contributed by atoms with Gasteiger partial charge in [0.2, 0.25) is 0 Å². The summed E-state index contributed by atoms with van der Waals surface area (Å²) in [4.78, 5) is 22.5. The highest BCUT2D eigenvalue weighted by atomic mass is 127. The number of aryl methyl sites for hydroxylation is 1. The zero-order chi connectivity index (χ0) is 14.3. The number of hydrogen-bond donors (Lipinski definition) is 1. The Morgan fingerprint density at radius 2 is 2.00 bits per heavy atom. The predicted octanol–water partition coefficient (Wildman–Crippen LogP) is 2.67. The molecule has 2 aliphatic rings.